The lowest BCUT2D eigenvalue weighted by Crippen LogP contribution is -2.14. The topological polar surface area (TPSA) is 113 Å². The van der Waals surface area contributed by atoms with Crippen LogP contribution in [0.25, 0.3) is 10.8 Å². The lowest BCUT2D eigenvalue weighted by atomic mass is 10.1. The van der Waals surface area contributed by atoms with Crippen LogP contribution in [0.1, 0.15) is 23.5 Å². The first kappa shape index (κ1) is 20.0. The monoisotopic (exact) mass is 405 g/mol. The summed E-state index contributed by atoms with van der Waals surface area (Å²) >= 11 is 0. The zero-order chi connectivity index (χ0) is 20.8. The Labute approximate surface area is 174 Å². The number of rotatable bonds is 8. The minimum Gasteiger partial charge on any atom is -0.475 e. The third-order valence-corrected chi connectivity index (χ3v) is 4.99. The first-order chi connectivity index (χ1) is 14.8. The number of ether oxygens (including phenoxy) is 2. The van der Waals surface area contributed by atoms with Gasteiger partial charge in [0, 0.05) is 48.5 Å². The van der Waals surface area contributed by atoms with Crippen molar-refractivity contribution in [2.24, 2.45) is 5.92 Å². The number of aliphatic hydroxyl groups is 1. The molecule has 3 heterocycles. The number of anilines is 1. The first-order valence-corrected chi connectivity index (χ1v) is 9.95. The van der Waals surface area contributed by atoms with Crippen molar-refractivity contribution in [2.45, 2.75) is 12.8 Å². The summed E-state index contributed by atoms with van der Waals surface area (Å²) < 4.78 is 11.2. The van der Waals surface area contributed by atoms with Crippen LogP contribution in [0, 0.1) is 17.2 Å². The summed E-state index contributed by atoms with van der Waals surface area (Å²) in [6.45, 7) is 2.43. The van der Waals surface area contributed by atoms with Gasteiger partial charge in [-0.15, -0.1) is 0 Å². The molecule has 4 rings (SSSR count). The summed E-state index contributed by atoms with van der Waals surface area (Å²) in [7, 11) is 0. The Morgan fingerprint density at radius 1 is 1.27 bits per heavy atom. The second-order valence-electron chi connectivity index (χ2n) is 7.20. The Morgan fingerprint density at radius 2 is 2.20 bits per heavy atom. The number of pyridine rings is 1. The molecule has 1 saturated heterocycles. The third-order valence-electron chi connectivity index (χ3n) is 4.99. The number of hydrogen-bond donors (Lipinski definition) is 2. The number of nitriles is 1. The number of benzene rings is 1. The van der Waals surface area contributed by atoms with E-state index in [0.29, 0.717) is 37.8 Å². The Balaban J connectivity index is 1.52. The summed E-state index contributed by atoms with van der Waals surface area (Å²) in [6, 6.07) is 10.00. The van der Waals surface area contributed by atoms with E-state index >= 15 is 0 Å². The van der Waals surface area contributed by atoms with E-state index < -0.39 is 0 Å². The second kappa shape index (κ2) is 9.48. The van der Waals surface area contributed by atoms with Crippen molar-refractivity contribution in [1.82, 2.24) is 15.0 Å². The van der Waals surface area contributed by atoms with E-state index in [1.54, 1.807) is 6.20 Å². The maximum absolute atomic E-state index is 9.31. The fraction of sp³-hybridized carbons (Fsp3) is 0.364. The standard InChI is InChI=1S/C22H23N5O3/c23-10-21-22(30-14-15-4-7-29-13-15)27-18(11-26-21)9-17-8-16-2-1-3-20(24-5-6-28)19(16)12-25-17/h1-3,8,11-12,15,24,28H,4-7,9,13-14H2. The van der Waals surface area contributed by atoms with Gasteiger partial charge >= 0.3 is 0 Å². The van der Waals surface area contributed by atoms with Gasteiger partial charge in [-0.2, -0.15) is 5.26 Å². The van der Waals surface area contributed by atoms with Crippen molar-refractivity contribution >= 4 is 16.5 Å². The van der Waals surface area contributed by atoms with Gasteiger partial charge in [-0.1, -0.05) is 12.1 Å². The maximum Gasteiger partial charge on any atom is 0.251 e. The summed E-state index contributed by atoms with van der Waals surface area (Å²) in [4.78, 5) is 13.3. The quantitative estimate of drug-likeness (QED) is 0.587. The molecule has 0 bridgehead atoms. The number of nitrogens with zero attached hydrogens (tertiary/aromatic N) is 4. The second-order valence-corrected chi connectivity index (χ2v) is 7.20. The van der Waals surface area contributed by atoms with Crippen molar-refractivity contribution in [2.75, 3.05) is 38.3 Å². The van der Waals surface area contributed by atoms with E-state index in [-0.39, 0.29) is 18.2 Å². The third kappa shape index (κ3) is 4.64. The van der Waals surface area contributed by atoms with Gasteiger partial charge < -0.3 is 19.9 Å². The van der Waals surface area contributed by atoms with Crippen LogP contribution in [0.3, 0.4) is 0 Å². The minimum absolute atomic E-state index is 0.0669. The lowest BCUT2D eigenvalue weighted by Gasteiger charge is -2.12. The number of aliphatic hydroxyl groups excluding tert-OH is 1. The maximum atomic E-state index is 9.31. The summed E-state index contributed by atoms with van der Waals surface area (Å²) in [5, 5.41) is 23.6. The molecule has 1 unspecified atom stereocenters. The molecule has 1 aliphatic rings. The zero-order valence-electron chi connectivity index (χ0n) is 16.5. The fourth-order valence-electron chi connectivity index (χ4n) is 3.42. The zero-order valence-corrected chi connectivity index (χ0v) is 16.5. The van der Waals surface area contributed by atoms with Gasteiger partial charge in [0.15, 0.2) is 0 Å². The van der Waals surface area contributed by atoms with Crippen LogP contribution in [0.15, 0.2) is 36.7 Å². The van der Waals surface area contributed by atoms with Crippen LogP contribution < -0.4 is 10.1 Å². The SMILES string of the molecule is N#Cc1ncc(Cc2cc3cccc(NCCO)c3cn2)nc1OCC1CCOC1. The Kier molecular flexibility index (Phi) is 6.32. The van der Waals surface area contributed by atoms with Crippen molar-refractivity contribution in [3.05, 3.63) is 53.7 Å². The highest BCUT2D eigenvalue weighted by atomic mass is 16.5. The highest BCUT2D eigenvalue weighted by molar-refractivity contribution is 5.93. The molecule has 2 N–H and O–H groups in total. The predicted octanol–water partition coefficient (Wildman–Crippen LogP) is 2.31. The predicted molar refractivity (Wildman–Crippen MR) is 111 cm³/mol. The molecular formula is C22H23N5O3. The summed E-state index contributed by atoms with van der Waals surface area (Å²) in [5.74, 6) is 0.580. The van der Waals surface area contributed by atoms with Gasteiger partial charge in [0.1, 0.15) is 6.07 Å². The highest BCUT2D eigenvalue weighted by Gasteiger charge is 2.18. The molecule has 2 aromatic heterocycles. The minimum atomic E-state index is 0.0669. The average molecular weight is 405 g/mol. The van der Waals surface area contributed by atoms with Gasteiger partial charge in [-0.3, -0.25) is 4.98 Å². The Hall–Kier alpha value is -3.28. The van der Waals surface area contributed by atoms with Crippen molar-refractivity contribution < 1.29 is 14.6 Å². The molecule has 0 spiro atoms. The molecule has 0 radical (unpaired) electrons. The molecule has 3 aromatic rings. The van der Waals surface area contributed by atoms with E-state index in [2.05, 4.69) is 20.3 Å². The fourth-order valence-corrected chi connectivity index (χ4v) is 3.42. The van der Waals surface area contributed by atoms with Crippen LogP contribution in [0.5, 0.6) is 5.88 Å². The van der Waals surface area contributed by atoms with Gasteiger partial charge in [0.05, 0.1) is 31.7 Å². The van der Waals surface area contributed by atoms with Gasteiger partial charge in [-0.05, 0) is 23.9 Å². The van der Waals surface area contributed by atoms with Crippen molar-refractivity contribution in [3.8, 4) is 11.9 Å². The first-order valence-electron chi connectivity index (χ1n) is 9.95. The molecule has 1 fully saturated rings. The van der Waals surface area contributed by atoms with Crippen LogP contribution >= 0.6 is 0 Å². The largest absolute Gasteiger partial charge is 0.475 e. The van der Waals surface area contributed by atoms with E-state index in [4.69, 9.17) is 14.6 Å². The summed E-state index contributed by atoms with van der Waals surface area (Å²) in [5.41, 5.74) is 2.65. The van der Waals surface area contributed by atoms with Gasteiger partial charge in [0.25, 0.3) is 5.88 Å². The molecule has 1 aromatic carbocycles. The molecular weight excluding hydrogens is 382 g/mol. The smallest absolute Gasteiger partial charge is 0.251 e. The molecule has 8 heteroatoms. The van der Waals surface area contributed by atoms with E-state index in [1.807, 2.05) is 36.5 Å². The molecule has 8 nitrogen and oxygen atoms in total. The lowest BCUT2D eigenvalue weighted by molar-refractivity contribution is 0.165. The van der Waals surface area contributed by atoms with Gasteiger partial charge in [-0.25, -0.2) is 9.97 Å². The van der Waals surface area contributed by atoms with Crippen molar-refractivity contribution in [3.63, 3.8) is 0 Å². The number of hydrogen-bond acceptors (Lipinski definition) is 8. The normalized spacial score (nSPS) is 15.8. The molecule has 1 aliphatic heterocycles. The van der Waals surface area contributed by atoms with Gasteiger partial charge in [0.2, 0.25) is 5.69 Å². The van der Waals surface area contributed by atoms with Crippen LogP contribution in [0.4, 0.5) is 5.69 Å². The Morgan fingerprint density at radius 3 is 3.00 bits per heavy atom. The molecule has 1 atom stereocenters. The average Bonchev–Trinajstić information content (AvgIpc) is 3.30. The molecule has 0 aliphatic carbocycles. The van der Waals surface area contributed by atoms with E-state index in [1.165, 1.54) is 0 Å². The molecule has 154 valence electrons. The number of aromatic nitrogens is 3. The van der Waals surface area contributed by atoms with Crippen LogP contribution in [0.2, 0.25) is 0 Å². The van der Waals surface area contributed by atoms with E-state index in [9.17, 15) is 5.26 Å². The van der Waals surface area contributed by atoms with Crippen molar-refractivity contribution in [1.29, 1.82) is 5.26 Å². The van der Waals surface area contributed by atoms with Crippen LogP contribution in [-0.2, 0) is 11.2 Å². The molecule has 0 saturated carbocycles. The number of fused-ring (bicyclic) bond motifs is 1. The van der Waals surface area contributed by atoms with E-state index in [0.717, 1.165) is 35.2 Å². The molecule has 0 amide bonds. The summed E-state index contributed by atoms with van der Waals surface area (Å²) in [6.07, 6.45) is 4.84. The Bertz CT molecular complexity index is 1060. The number of nitrogens with one attached hydrogen (secondary N) is 1. The highest BCUT2D eigenvalue weighted by Crippen LogP contribution is 2.24. The molecule has 30 heavy (non-hydrogen) atoms. The van der Waals surface area contributed by atoms with Crippen LogP contribution in [-0.4, -0.2) is 53.0 Å².